The lowest BCUT2D eigenvalue weighted by Crippen LogP contribution is -1.94. The quantitative estimate of drug-likeness (QED) is 0.701. The average Bonchev–Trinajstić information content (AvgIpc) is 2.53. The van der Waals surface area contributed by atoms with Crippen molar-refractivity contribution in [2.45, 2.75) is 6.92 Å². The van der Waals surface area contributed by atoms with Gasteiger partial charge in [-0.3, -0.25) is 0 Å². The van der Waals surface area contributed by atoms with Gasteiger partial charge < -0.3 is 10.3 Å². The Morgan fingerprint density at radius 1 is 1.31 bits per heavy atom. The van der Waals surface area contributed by atoms with Gasteiger partial charge in [-0.15, -0.1) is 0 Å². The molecule has 0 radical (unpaired) electrons. The minimum atomic E-state index is 0.346. The van der Waals surface area contributed by atoms with Gasteiger partial charge in [-0.25, -0.2) is 9.97 Å². The van der Waals surface area contributed by atoms with Crippen LogP contribution in [0.1, 0.15) is 5.69 Å². The third-order valence-corrected chi connectivity index (χ3v) is 1.59. The number of nitrogens with zero attached hydrogens (tertiary/aromatic N) is 3. The Kier molecular flexibility index (Phi) is 1.70. The molecule has 0 aliphatic heterocycles. The van der Waals surface area contributed by atoms with E-state index in [0.717, 1.165) is 5.69 Å². The van der Waals surface area contributed by atoms with E-state index in [1.54, 1.807) is 12.3 Å². The Morgan fingerprint density at radius 3 is 2.69 bits per heavy atom. The van der Waals surface area contributed by atoms with E-state index in [4.69, 9.17) is 10.3 Å². The van der Waals surface area contributed by atoms with E-state index in [1.807, 2.05) is 6.92 Å². The number of hydrogen-bond donors (Lipinski definition) is 1. The van der Waals surface area contributed by atoms with E-state index in [1.165, 1.54) is 6.20 Å². The Balaban J connectivity index is 2.52. The Hall–Kier alpha value is -1.91. The molecule has 2 aromatic heterocycles. The van der Waals surface area contributed by atoms with Crippen LogP contribution in [0.3, 0.4) is 0 Å². The molecule has 0 fully saturated rings. The maximum Gasteiger partial charge on any atom is 0.189 e. The standard InChI is InChI=1S/C8H8N4O/c1-5-4-6(13-12-5)7-8(9)11-3-2-10-7/h2-4H,1H3,(H2,9,11). The molecule has 0 bridgehead atoms. The molecule has 0 amide bonds. The van der Waals surface area contributed by atoms with Crippen LogP contribution in [0.25, 0.3) is 11.5 Å². The maximum atomic E-state index is 5.60. The minimum Gasteiger partial charge on any atom is -0.382 e. The van der Waals surface area contributed by atoms with Gasteiger partial charge in [0.25, 0.3) is 0 Å². The second-order valence-corrected chi connectivity index (χ2v) is 2.62. The van der Waals surface area contributed by atoms with E-state index in [-0.39, 0.29) is 0 Å². The largest absolute Gasteiger partial charge is 0.382 e. The molecule has 2 heterocycles. The van der Waals surface area contributed by atoms with E-state index >= 15 is 0 Å². The summed E-state index contributed by atoms with van der Waals surface area (Å²) in [5.74, 6) is 0.891. The molecule has 0 aliphatic carbocycles. The molecule has 2 rings (SSSR count). The van der Waals surface area contributed by atoms with Gasteiger partial charge in [0.1, 0.15) is 0 Å². The SMILES string of the molecule is Cc1cc(-c2nccnc2N)on1. The third-order valence-electron chi connectivity index (χ3n) is 1.59. The molecule has 0 aromatic carbocycles. The summed E-state index contributed by atoms with van der Waals surface area (Å²) in [5, 5.41) is 3.74. The van der Waals surface area contributed by atoms with Crippen LogP contribution in [0.2, 0.25) is 0 Å². The highest BCUT2D eigenvalue weighted by Gasteiger charge is 2.09. The van der Waals surface area contributed by atoms with Crippen molar-refractivity contribution in [3.63, 3.8) is 0 Å². The van der Waals surface area contributed by atoms with Crippen LogP contribution in [0, 0.1) is 6.92 Å². The third kappa shape index (κ3) is 1.35. The molecule has 66 valence electrons. The van der Waals surface area contributed by atoms with Crippen molar-refractivity contribution in [3.8, 4) is 11.5 Å². The van der Waals surface area contributed by atoms with E-state index < -0.39 is 0 Å². The number of aryl methyl sites for hydroxylation is 1. The number of anilines is 1. The highest BCUT2D eigenvalue weighted by Crippen LogP contribution is 2.21. The molecule has 0 saturated carbocycles. The van der Waals surface area contributed by atoms with Crippen molar-refractivity contribution in [2.24, 2.45) is 0 Å². The smallest absolute Gasteiger partial charge is 0.189 e. The lowest BCUT2D eigenvalue weighted by atomic mass is 10.3. The van der Waals surface area contributed by atoms with E-state index in [2.05, 4.69) is 15.1 Å². The Labute approximate surface area is 74.6 Å². The minimum absolute atomic E-state index is 0.346. The molecular weight excluding hydrogens is 168 g/mol. The van der Waals surface area contributed by atoms with Gasteiger partial charge in [-0.1, -0.05) is 5.16 Å². The number of nitrogen functional groups attached to an aromatic ring is 1. The summed E-state index contributed by atoms with van der Waals surface area (Å²) in [6, 6.07) is 1.76. The highest BCUT2D eigenvalue weighted by molar-refractivity contribution is 5.64. The maximum absolute atomic E-state index is 5.60. The lowest BCUT2D eigenvalue weighted by Gasteiger charge is -1.96. The first-order valence-corrected chi connectivity index (χ1v) is 3.77. The molecule has 0 atom stereocenters. The van der Waals surface area contributed by atoms with Crippen LogP contribution < -0.4 is 5.73 Å². The lowest BCUT2D eigenvalue weighted by molar-refractivity contribution is 0.426. The first kappa shape index (κ1) is 7.72. The molecule has 0 saturated heterocycles. The van der Waals surface area contributed by atoms with Gasteiger partial charge in [0.15, 0.2) is 17.3 Å². The van der Waals surface area contributed by atoms with Crippen LogP contribution in [-0.2, 0) is 0 Å². The van der Waals surface area contributed by atoms with Gasteiger partial charge in [-0.2, -0.15) is 0 Å². The molecule has 5 heteroatoms. The van der Waals surface area contributed by atoms with Crippen LogP contribution in [-0.4, -0.2) is 15.1 Å². The topological polar surface area (TPSA) is 77.8 Å². The highest BCUT2D eigenvalue weighted by atomic mass is 16.5. The Bertz CT molecular complexity index is 424. The van der Waals surface area contributed by atoms with Crippen molar-refractivity contribution in [1.29, 1.82) is 0 Å². The zero-order valence-electron chi connectivity index (χ0n) is 7.06. The number of hydrogen-bond acceptors (Lipinski definition) is 5. The molecule has 2 aromatic rings. The molecule has 2 N–H and O–H groups in total. The van der Waals surface area contributed by atoms with Gasteiger partial charge in [0.2, 0.25) is 0 Å². The second-order valence-electron chi connectivity index (χ2n) is 2.62. The predicted octanol–water partition coefficient (Wildman–Crippen LogP) is 1.02. The summed E-state index contributed by atoms with van der Waals surface area (Å²) in [5.41, 5.74) is 6.92. The summed E-state index contributed by atoms with van der Waals surface area (Å²) < 4.78 is 5.00. The van der Waals surface area contributed by atoms with E-state index in [9.17, 15) is 0 Å². The van der Waals surface area contributed by atoms with Crippen molar-refractivity contribution in [2.75, 3.05) is 5.73 Å². The zero-order valence-corrected chi connectivity index (χ0v) is 7.06. The fourth-order valence-electron chi connectivity index (χ4n) is 1.01. The van der Waals surface area contributed by atoms with Gasteiger partial charge in [0.05, 0.1) is 5.69 Å². The first-order valence-electron chi connectivity index (χ1n) is 3.77. The van der Waals surface area contributed by atoms with Crippen molar-refractivity contribution >= 4 is 5.82 Å². The van der Waals surface area contributed by atoms with Crippen LogP contribution in [0.5, 0.6) is 0 Å². The number of aromatic nitrogens is 3. The summed E-state index contributed by atoms with van der Waals surface area (Å²) in [6.45, 7) is 1.83. The van der Waals surface area contributed by atoms with Crippen molar-refractivity contribution < 1.29 is 4.52 Å². The van der Waals surface area contributed by atoms with Gasteiger partial charge >= 0.3 is 0 Å². The molecule has 0 spiro atoms. The van der Waals surface area contributed by atoms with Gasteiger partial charge in [-0.05, 0) is 6.92 Å². The molecule has 0 unspecified atom stereocenters. The fraction of sp³-hybridized carbons (Fsp3) is 0.125. The second kappa shape index (κ2) is 2.85. The van der Waals surface area contributed by atoms with Gasteiger partial charge in [0, 0.05) is 18.5 Å². The van der Waals surface area contributed by atoms with Crippen LogP contribution in [0.4, 0.5) is 5.82 Å². The fourth-order valence-corrected chi connectivity index (χ4v) is 1.01. The van der Waals surface area contributed by atoms with E-state index in [0.29, 0.717) is 17.3 Å². The molecular formula is C8H8N4O. The van der Waals surface area contributed by atoms with Crippen LogP contribution >= 0.6 is 0 Å². The molecule has 5 nitrogen and oxygen atoms in total. The van der Waals surface area contributed by atoms with Crippen molar-refractivity contribution in [3.05, 3.63) is 24.2 Å². The molecule has 0 aliphatic rings. The average molecular weight is 176 g/mol. The monoisotopic (exact) mass is 176 g/mol. The van der Waals surface area contributed by atoms with Crippen molar-refractivity contribution in [1.82, 2.24) is 15.1 Å². The number of nitrogens with two attached hydrogens (primary N) is 1. The summed E-state index contributed by atoms with van der Waals surface area (Å²) in [6.07, 6.45) is 3.09. The number of rotatable bonds is 1. The first-order chi connectivity index (χ1) is 6.27. The predicted molar refractivity (Wildman–Crippen MR) is 46.7 cm³/mol. The summed E-state index contributed by atoms with van der Waals surface area (Å²) in [7, 11) is 0. The molecule has 13 heavy (non-hydrogen) atoms. The zero-order chi connectivity index (χ0) is 9.26. The van der Waals surface area contributed by atoms with Crippen LogP contribution in [0.15, 0.2) is 23.0 Å². The summed E-state index contributed by atoms with van der Waals surface area (Å²) in [4.78, 5) is 7.93. The summed E-state index contributed by atoms with van der Waals surface area (Å²) >= 11 is 0. The normalized spacial score (nSPS) is 10.2. The Morgan fingerprint density at radius 2 is 2.08 bits per heavy atom.